The van der Waals surface area contributed by atoms with Crippen LogP contribution in [0.1, 0.15) is 17.7 Å². The number of ether oxygens (including phenoxy) is 2. The van der Waals surface area contributed by atoms with Crippen LogP contribution < -0.4 is 4.74 Å². The van der Waals surface area contributed by atoms with Gasteiger partial charge in [-0.15, -0.1) is 0 Å². The number of aromatic nitrogens is 2. The zero-order valence-electron chi connectivity index (χ0n) is 8.52. The molecule has 1 aliphatic rings. The number of rotatable bonds is 3. The fourth-order valence-corrected chi connectivity index (χ4v) is 1.64. The summed E-state index contributed by atoms with van der Waals surface area (Å²) in [5.74, 6) is 0.114. The Morgan fingerprint density at radius 2 is 2.33 bits per heavy atom. The van der Waals surface area contributed by atoms with Crippen molar-refractivity contribution >= 4 is 5.97 Å². The van der Waals surface area contributed by atoms with Gasteiger partial charge in [0, 0.05) is 5.56 Å². The molecular formula is C10H12N2O3. The number of aryl methyl sites for hydroxylation is 1. The molecule has 0 saturated carbocycles. The van der Waals surface area contributed by atoms with E-state index in [1.807, 2.05) is 0 Å². The van der Waals surface area contributed by atoms with Crippen molar-refractivity contribution in [2.75, 3.05) is 13.7 Å². The fraction of sp³-hybridized carbons (Fsp3) is 0.500. The van der Waals surface area contributed by atoms with Gasteiger partial charge >= 0.3 is 5.97 Å². The second-order valence-corrected chi connectivity index (χ2v) is 3.32. The lowest BCUT2D eigenvalue weighted by Crippen LogP contribution is -2.14. The molecule has 0 atom stereocenters. The number of hydrogen-bond acceptors (Lipinski definition) is 5. The Morgan fingerprint density at radius 1 is 1.47 bits per heavy atom. The number of methoxy groups -OCH3 is 1. The molecule has 1 aromatic heterocycles. The first kappa shape index (κ1) is 9.89. The normalized spacial score (nSPS) is 13.4. The van der Waals surface area contributed by atoms with Crippen molar-refractivity contribution < 1.29 is 14.3 Å². The summed E-state index contributed by atoms with van der Waals surface area (Å²) < 4.78 is 9.76. The Kier molecular flexibility index (Phi) is 2.80. The van der Waals surface area contributed by atoms with Crippen LogP contribution in [0.5, 0.6) is 5.88 Å². The summed E-state index contributed by atoms with van der Waals surface area (Å²) in [5, 5.41) is 0. The SMILES string of the molecule is COC(=O)COc1ncnc2c1CCC2. The summed E-state index contributed by atoms with van der Waals surface area (Å²) >= 11 is 0. The summed E-state index contributed by atoms with van der Waals surface area (Å²) in [4.78, 5) is 19.1. The highest BCUT2D eigenvalue weighted by molar-refractivity contribution is 5.70. The minimum absolute atomic E-state index is 0.0973. The number of nitrogens with zero attached hydrogens (tertiary/aromatic N) is 2. The van der Waals surface area contributed by atoms with Gasteiger partial charge in [-0.25, -0.2) is 14.8 Å². The van der Waals surface area contributed by atoms with E-state index < -0.39 is 5.97 Å². The van der Waals surface area contributed by atoms with Crippen molar-refractivity contribution in [2.45, 2.75) is 19.3 Å². The molecule has 1 heterocycles. The van der Waals surface area contributed by atoms with E-state index in [9.17, 15) is 4.79 Å². The van der Waals surface area contributed by atoms with Crippen molar-refractivity contribution in [3.63, 3.8) is 0 Å². The lowest BCUT2D eigenvalue weighted by Gasteiger charge is -2.07. The molecule has 0 aliphatic heterocycles. The van der Waals surface area contributed by atoms with Crippen LogP contribution in [-0.2, 0) is 22.4 Å². The third-order valence-corrected chi connectivity index (χ3v) is 2.39. The first-order chi connectivity index (χ1) is 7.31. The molecule has 0 spiro atoms. The summed E-state index contributed by atoms with van der Waals surface area (Å²) in [6.45, 7) is -0.0973. The number of fused-ring (bicyclic) bond motifs is 1. The minimum atomic E-state index is -0.402. The van der Waals surface area contributed by atoms with Crippen LogP contribution >= 0.6 is 0 Å². The highest BCUT2D eigenvalue weighted by atomic mass is 16.6. The van der Waals surface area contributed by atoms with E-state index >= 15 is 0 Å². The van der Waals surface area contributed by atoms with E-state index in [1.165, 1.54) is 13.4 Å². The molecular weight excluding hydrogens is 196 g/mol. The van der Waals surface area contributed by atoms with Gasteiger partial charge in [-0.2, -0.15) is 0 Å². The smallest absolute Gasteiger partial charge is 0.343 e. The topological polar surface area (TPSA) is 61.3 Å². The van der Waals surface area contributed by atoms with Gasteiger partial charge in [0.1, 0.15) is 6.33 Å². The largest absolute Gasteiger partial charge is 0.466 e. The van der Waals surface area contributed by atoms with Crippen LogP contribution in [0.3, 0.4) is 0 Å². The van der Waals surface area contributed by atoms with E-state index in [-0.39, 0.29) is 6.61 Å². The van der Waals surface area contributed by atoms with Gasteiger partial charge in [0.15, 0.2) is 6.61 Å². The lowest BCUT2D eigenvalue weighted by molar-refractivity contribution is -0.143. The van der Waals surface area contributed by atoms with E-state index in [2.05, 4.69) is 14.7 Å². The summed E-state index contributed by atoms with van der Waals surface area (Å²) in [6, 6.07) is 0. The maximum atomic E-state index is 10.9. The van der Waals surface area contributed by atoms with Gasteiger partial charge in [-0.3, -0.25) is 0 Å². The van der Waals surface area contributed by atoms with Gasteiger partial charge in [-0.05, 0) is 19.3 Å². The van der Waals surface area contributed by atoms with Crippen LogP contribution in [0.2, 0.25) is 0 Å². The zero-order chi connectivity index (χ0) is 10.7. The standard InChI is InChI=1S/C10H12N2O3/c1-14-9(13)5-15-10-7-3-2-4-8(7)11-6-12-10/h6H,2-5H2,1H3. The van der Waals surface area contributed by atoms with E-state index in [0.717, 1.165) is 30.5 Å². The maximum absolute atomic E-state index is 10.9. The van der Waals surface area contributed by atoms with Crippen LogP contribution in [-0.4, -0.2) is 29.7 Å². The maximum Gasteiger partial charge on any atom is 0.343 e. The molecule has 0 radical (unpaired) electrons. The van der Waals surface area contributed by atoms with E-state index in [1.54, 1.807) is 0 Å². The highest BCUT2D eigenvalue weighted by Gasteiger charge is 2.18. The number of carbonyl (C=O) groups is 1. The third kappa shape index (κ3) is 2.06. The van der Waals surface area contributed by atoms with Gasteiger partial charge in [-0.1, -0.05) is 0 Å². The molecule has 5 heteroatoms. The van der Waals surface area contributed by atoms with Crippen LogP contribution in [0, 0.1) is 0 Å². The quantitative estimate of drug-likeness (QED) is 0.677. The van der Waals surface area contributed by atoms with Gasteiger partial charge in [0.25, 0.3) is 0 Å². The highest BCUT2D eigenvalue weighted by Crippen LogP contribution is 2.26. The molecule has 2 rings (SSSR count). The molecule has 0 unspecified atom stereocenters. The molecule has 0 amide bonds. The molecule has 0 aromatic carbocycles. The van der Waals surface area contributed by atoms with Gasteiger partial charge in [0.05, 0.1) is 12.8 Å². The summed E-state index contributed by atoms with van der Waals surface area (Å²) in [7, 11) is 1.33. The second-order valence-electron chi connectivity index (χ2n) is 3.32. The summed E-state index contributed by atoms with van der Waals surface area (Å²) in [5.41, 5.74) is 2.06. The molecule has 0 N–H and O–H groups in total. The van der Waals surface area contributed by atoms with Crippen LogP contribution in [0.15, 0.2) is 6.33 Å². The van der Waals surface area contributed by atoms with Crippen molar-refractivity contribution in [3.05, 3.63) is 17.6 Å². The minimum Gasteiger partial charge on any atom is -0.466 e. The number of carbonyl (C=O) groups excluding carboxylic acids is 1. The average molecular weight is 208 g/mol. The van der Waals surface area contributed by atoms with Gasteiger partial charge < -0.3 is 9.47 Å². The van der Waals surface area contributed by atoms with E-state index in [4.69, 9.17) is 4.74 Å². The summed E-state index contributed by atoms with van der Waals surface area (Å²) in [6.07, 6.45) is 4.43. The Balaban J connectivity index is 2.09. The monoisotopic (exact) mass is 208 g/mol. The molecule has 80 valence electrons. The molecule has 15 heavy (non-hydrogen) atoms. The van der Waals surface area contributed by atoms with Crippen LogP contribution in [0.4, 0.5) is 0 Å². The predicted octanol–water partition coefficient (Wildman–Crippen LogP) is 0.517. The lowest BCUT2D eigenvalue weighted by atomic mass is 10.2. The van der Waals surface area contributed by atoms with Crippen LogP contribution in [0.25, 0.3) is 0 Å². The molecule has 5 nitrogen and oxygen atoms in total. The van der Waals surface area contributed by atoms with E-state index in [0.29, 0.717) is 5.88 Å². The second kappa shape index (κ2) is 4.25. The van der Waals surface area contributed by atoms with Crippen molar-refractivity contribution in [3.8, 4) is 5.88 Å². The Hall–Kier alpha value is -1.65. The Morgan fingerprint density at radius 3 is 3.13 bits per heavy atom. The predicted molar refractivity (Wildman–Crippen MR) is 51.6 cm³/mol. The first-order valence-electron chi connectivity index (χ1n) is 4.83. The zero-order valence-corrected chi connectivity index (χ0v) is 8.52. The molecule has 1 aliphatic carbocycles. The number of esters is 1. The first-order valence-corrected chi connectivity index (χ1v) is 4.83. The van der Waals surface area contributed by atoms with Crippen molar-refractivity contribution in [1.82, 2.24) is 9.97 Å². The van der Waals surface area contributed by atoms with Gasteiger partial charge in [0.2, 0.25) is 5.88 Å². The van der Waals surface area contributed by atoms with Crippen molar-refractivity contribution in [1.29, 1.82) is 0 Å². The third-order valence-electron chi connectivity index (χ3n) is 2.39. The Bertz CT molecular complexity index is 379. The number of hydrogen-bond donors (Lipinski definition) is 0. The fourth-order valence-electron chi connectivity index (χ4n) is 1.64. The average Bonchev–Trinajstić information content (AvgIpc) is 2.74. The molecule has 0 bridgehead atoms. The Labute approximate surface area is 87.4 Å². The molecule has 1 aromatic rings. The van der Waals surface area contributed by atoms with Crippen molar-refractivity contribution in [2.24, 2.45) is 0 Å². The molecule has 0 saturated heterocycles. The molecule has 0 fully saturated rings.